The zero-order chi connectivity index (χ0) is 14.1. The van der Waals surface area contributed by atoms with Gasteiger partial charge in [-0.15, -0.1) is 0 Å². The van der Waals surface area contributed by atoms with Gasteiger partial charge in [0.05, 0.1) is 7.11 Å². The Kier molecular flexibility index (Phi) is 6.74. The second-order valence-corrected chi connectivity index (χ2v) is 4.71. The lowest BCUT2D eigenvalue weighted by atomic mass is 10.1. The molecule has 1 aromatic rings. The van der Waals surface area contributed by atoms with Crippen molar-refractivity contribution < 1.29 is 4.74 Å². The van der Waals surface area contributed by atoms with E-state index in [4.69, 9.17) is 4.74 Å². The van der Waals surface area contributed by atoms with Crippen LogP contribution in [0.2, 0.25) is 0 Å². The third kappa shape index (κ3) is 5.61. The van der Waals surface area contributed by atoms with Gasteiger partial charge in [-0.3, -0.25) is 4.99 Å². The van der Waals surface area contributed by atoms with Gasteiger partial charge in [0.1, 0.15) is 11.5 Å². The van der Waals surface area contributed by atoms with Crippen LogP contribution in [0.5, 0.6) is 5.75 Å². The zero-order valence-electron chi connectivity index (χ0n) is 12.4. The molecule has 0 radical (unpaired) electrons. The van der Waals surface area contributed by atoms with Crippen LogP contribution in [0, 0.1) is 11.8 Å². The van der Waals surface area contributed by atoms with E-state index in [1.807, 2.05) is 24.3 Å². The normalized spacial score (nSPS) is 11.1. The molecule has 1 rings (SSSR count). The molecule has 0 bridgehead atoms. The summed E-state index contributed by atoms with van der Waals surface area (Å²) >= 11 is 0. The fourth-order valence-electron chi connectivity index (χ4n) is 1.60. The van der Waals surface area contributed by atoms with Crippen LogP contribution in [0.15, 0.2) is 29.3 Å². The first kappa shape index (κ1) is 15.3. The van der Waals surface area contributed by atoms with E-state index in [0.717, 1.165) is 29.9 Å². The van der Waals surface area contributed by atoms with Crippen molar-refractivity contribution >= 4 is 5.71 Å². The average Bonchev–Trinajstić information content (AvgIpc) is 2.42. The summed E-state index contributed by atoms with van der Waals surface area (Å²) in [5.41, 5.74) is 1.92. The van der Waals surface area contributed by atoms with Crippen LogP contribution in [0.25, 0.3) is 0 Å². The Hall–Kier alpha value is -1.75. The first-order valence-electron chi connectivity index (χ1n) is 6.88. The highest BCUT2D eigenvalue weighted by molar-refractivity contribution is 6.13. The van der Waals surface area contributed by atoms with Gasteiger partial charge in [0.15, 0.2) is 0 Å². The van der Waals surface area contributed by atoms with Crippen LogP contribution in [-0.4, -0.2) is 18.9 Å². The summed E-state index contributed by atoms with van der Waals surface area (Å²) in [7, 11) is 1.67. The number of nitrogens with zero attached hydrogens (tertiary/aromatic N) is 1. The van der Waals surface area contributed by atoms with Gasteiger partial charge in [0.2, 0.25) is 0 Å². The smallest absolute Gasteiger partial charge is 0.118 e. The predicted molar refractivity (Wildman–Crippen MR) is 82.0 cm³/mol. The van der Waals surface area contributed by atoms with E-state index in [0.29, 0.717) is 0 Å². The van der Waals surface area contributed by atoms with Gasteiger partial charge < -0.3 is 4.74 Å². The number of aliphatic imine (C=N–C) groups is 1. The minimum Gasteiger partial charge on any atom is -0.497 e. The second kappa shape index (κ2) is 8.37. The van der Waals surface area contributed by atoms with E-state index < -0.39 is 0 Å². The Morgan fingerprint density at radius 1 is 1.26 bits per heavy atom. The van der Waals surface area contributed by atoms with E-state index in [1.165, 1.54) is 6.42 Å². The molecule has 0 amide bonds. The molecule has 0 aliphatic carbocycles. The van der Waals surface area contributed by atoms with Crippen LogP contribution in [0.1, 0.15) is 45.6 Å². The van der Waals surface area contributed by atoms with Crippen molar-refractivity contribution in [3.8, 4) is 17.6 Å². The van der Waals surface area contributed by atoms with Gasteiger partial charge in [-0.05, 0) is 50.5 Å². The molecule has 0 spiro atoms. The predicted octanol–water partition coefficient (Wildman–Crippen LogP) is 4.09. The van der Waals surface area contributed by atoms with Gasteiger partial charge in [0, 0.05) is 18.0 Å². The molecule has 0 aliphatic rings. The Morgan fingerprint density at radius 3 is 2.47 bits per heavy atom. The third-order valence-electron chi connectivity index (χ3n) is 2.61. The Morgan fingerprint density at radius 2 is 1.95 bits per heavy atom. The first-order chi connectivity index (χ1) is 9.17. The van der Waals surface area contributed by atoms with Crippen molar-refractivity contribution in [3.63, 3.8) is 0 Å². The summed E-state index contributed by atoms with van der Waals surface area (Å²) in [5.74, 6) is 7.26. The molecule has 0 fully saturated rings. The van der Waals surface area contributed by atoms with Gasteiger partial charge in [0.25, 0.3) is 0 Å². The summed E-state index contributed by atoms with van der Waals surface area (Å²) in [4.78, 5) is 4.60. The van der Waals surface area contributed by atoms with Gasteiger partial charge in [-0.2, -0.15) is 0 Å². The lowest BCUT2D eigenvalue weighted by Gasteiger charge is -2.04. The number of hydrogen-bond donors (Lipinski definition) is 0. The Balaban J connectivity index is 2.92. The molecule has 102 valence electrons. The number of unbranched alkanes of at least 4 members (excludes halogenated alkanes) is 2. The number of ether oxygens (including phenoxy) is 1. The highest BCUT2D eigenvalue weighted by Gasteiger charge is 2.02. The zero-order valence-corrected chi connectivity index (χ0v) is 12.4. The van der Waals surface area contributed by atoms with E-state index in [2.05, 4.69) is 37.6 Å². The number of benzene rings is 1. The molecule has 0 aromatic heterocycles. The van der Waals surface area contributed by atoms with Crippen LogP contribution < -0.4 is 4.74 Å². The summed E-state index contributed by atoms with van der Waals surface area (Å²) in [6.07, 6.45) is 3.25. The molecule has 2 nitrogen and oxygen atoms in total. The molecule has 2 heteroatoms. The maximum atomic E-state index is 5.17. The minimum atomic E-state index is 0.248. The van der Waals surface area contributed by atoms with E-state index in [1.54, 1.807) is 7.11 Å². The van der Waals surface area contributed by atoms with Gasteiger partial charge in [-0.25, -0.2) is 0 Å². The lowest BCUT2D eigenvalue weighted by molar-refractivity contribution is 0.415. The van der Waals surface area contributed by atoms with Gasteiger partial charge in [-0.1, -0.05) is 19.3 Å². The maximum absolute atomic E-state index is 5.17. The molecular formula is C17H23NO. The highest BCUT2D eigenvalue weighted by Crippen LogP contribution is 2.12. The SMILES string of the molecule is CCCCC#CC(=NC(C)C)c1ccc(OC)cc1. The van der Waals surface area contributed by atoms with E-state index in [9.17, 15) is 0 Å². The summed E-state index contributed by atoms with van der Waals surface area (Å²) in [6, 6.07) is 8.15. The van der Waals surface area contributed by atoms with E-state index >= 15 is 0 Å². The molecular weight excluding hydrogens is 234 g/mol. The van der Waals surface area contributed by atoms with Crippen LogP contribution >= 0.6 is 0 Å². The minimum absolute atomic E-state index is 0.248. The molecule has 0 unspecified atom stereocenters. The molecule has 0 atom stereocenters. The fourth-order valence-corrected chi connectivity index (χ4v) is 1.60. The summed E-state index contributed by atoms with van der Waals surface area (Å²) in [5, 5.41) is 0. The molecule has 0 aliphatic heterocycles. The summed E-state index contributed by atoms with van der Waals surface area (Å²) < 4.78 is 5.17. The topological polar surface area (TPSA) is 21.6 Å². The quantitative estimate of drug-likeness (QED) is 0.442. The van der Waals surface area contributed by atoms with Gasteiger partial charge >= 0.3 is 0 Å². The maximum Gasteiger partial charge on any atom is 0.118 e. The van der Waals surface area contributed by atoms with Crippen molar-refractivity contribution in [2.75, 3.05) is 7.11 Å². The largest absolute Gasteiger partial charge is 0.497 e. The van der Waals surface area contributed by atoms with Crippen molar-refractivity contribution in [1.82, 2.24) is 0 Å². The highest BCUT2D eigenvalue weighted by atomic mass is 16.5. The van der Waals surface area contributed by atoms with Crippen molar-refractivity contribution in [2.45, 2.75) is 46.1 Å². The molecule has 1 aromatic carbocycles. The van der Waals surface area contributed by atoms with Crippen LogP contribution in [-0.2, 0) is 0 Å². The Bertz CT molecular complexity index is 460. The molecule has 0 heterocycles. The standard InChI is InChI=1S/C17H23NO/c1-5-6-7-8-9-17(18-14(2)3)15-10-12-16(19-4)13-11-15/h10-14H,5-7H2,1-4H3. The molecule has 0 N–H and O–H groups in total. The lowest BCUT2D eigenvalue weighted by Crippen LogP contribution is -2.02. The molecule has 0 saturated carbocycles. The average molecular weight is 257 g/mol. The van der Waals surface area contributed by atoms with Crippen molar-refractivity contribution in [1.29, 1.82) is 0 Å². The summed E-state index contributed by atoms with van der Waals surface area (Å²) in [6.45, 7) is 6.31. The monoisotopic (exact) mass is 257 g/mol. The van der Waals surface area contributed by atoms with E-state index in [-0.39, 0.29) is 6.04 Å². The number of rotatable bonds is 5. The second-order valence-electron chi connectivity index (χ2n) is 4.71. The number of hydrogen-bond acceptors (Lipinski definition) is 2. The fraction of sp³-hybridized carbons (Fsp3) is 0.471. The van der Waals surface area contributed by atoms with Crippen LogP contribution in [0.3, 0.4) is 0 Å². The first-order valence-corrected chi connectivity index (χ1v) is 6.88. The Labute approximate surface area is 116 Å². The van der Waals surface area contributed by atoms with Crippen LogP contribution in [0.4, 0.5) is 0 Å². The molecule has 19 heavy (non-hydrogen) atoms. The van der Waals surface area contributed by atoms with Crippen molar-refractivity contribution in [2.24, 2.45) is 4.99 Å². The number of methoxy groups -OCH3 is 1. The molecule has 0 saturated heterocycles. The third-order valence-corrected chi connectivity index (χ3v) is 2.61. The van der Waals surface area contributed by atoms with Crippen molar-refractivity contribution in [3.05, 3.63) is 29.8 Å².